The van der Waals surface area contributed by atoms with E-state index in [0.717, 1.165) is 45.9 Å². The van der Waals surface area contributed by atoms with Crippen LogP contribution in [0.4, 0.5) is 10.8 Å². The number of anilines is 2. The Balaban J connectivity index is 1.58. The second kappa shape index (κ2) is 9.20. The third-order valence-corrected chi connectivity index (χ3v) is 6.01. The van der Waals surface area contributed by atoms with E-state index in [-0.39, 0.29) is 5.91 Å². The zero-order valence-electron chi connectivity index (χ0n) is 14.9. The standard InChI is InChI=1S/C17H22N4O3S2/c1-23-9-7-18-16-19-20-17(26-16)25-11-15(22)21-8-3-4-12-10-13(24-2)5-6-14(12)21/h5-6,10H,3-4,7-9,11H2,1-2H3,(H,18,19). The van der Waals surface area contributed by atoms with Gasteiger partial charge in [0.05, 0.1) is 19.5 Å². The van der Waals surface area contributed by atoms with E-state index >= 15 is 0 Å². The molecule has 2 heterocycles. The minimum atomic E-state index is 0.0882. The maximum atomic E-state index is 12.7. The van der Waals surface area contributed by atoms with Gasteiger partial charge in [-0.3, -0.25) is 4.79 Å². The molecule has 0 atom stereocenters. The van der Waals surface area contributed by atoms with E-state index in [9.17, 15) is 4.79 Å². The predicted octanol–water partition coefficient (Wildman–Crippen LogP) is 2.68. The molecule has 1 aliphatic rings. The van der Waals surface area contributed by atoms with Gasteiger partial charge in [0.1, 0.15) is 5.75 Å². The molecule has 0 unspecified atom stereocenters. The van der Waals surface area contributed by atoms with Crippen molar-refractivity contribution >= 4 is 39.8 Å². The molecule has 0 bridgehead atoms. The number of hydrogen-bond acceptors (Lipinski definition) is 8. The summed E-state index contributed by atoms with van der Waals surface area (Å²) in [5, 5.41) is 12.1. The Kier molecular flexibility index (Phi) is 6.70. The highest BCUT2D eigenvalue weighted by Crippen LogP contribution is 2.32. The first-order chi connectivity index (χ1) is 12.7. The van der Waals surface area contributed by atoms with E-state index in [2.05, 4.69) is 15.5 Å². The van der Waals surface area contributed by atoms with E-state index in [4.69, 9.17) is 9.47 Å². The van der Waals surface area contributed by atoms with Crippen LogP contribution < -0.4 is 15.0 Å². The molecule has 1 aliphatic heterocycles. The number of ether oxygens (including phenoxy) is 2. The number of aryl methyl sites for hydroxylation is 1. The number of hydrogen-bond donors (Lipinski definition) is 1. The number of nitrogens with zero attached hydrogens (tertiary/aromatic N) is 3. The van der Waals surface area contributed by atoms with Gasteiger partial charge in [-0.25, -0.2) is 0 Å². The average Bonchev–Trinajstić information content (AvgIpc) is 3.13. The van der Waals surface area contributed by atoms with Crippen LogP contribution in [0.3, 0.4) is 0 Å². The molecule has 2 aromatic rings. The van der Waals surface area contributed by atoms with E-state index in [0.29, 0.717) is 18.9 Å². The van der Waals surface area contributed by atoms with Crippen molar-refractivity contribution in [1.82, 2.24) is 10.2 Å². The molecule has 1 aromatic heterocycles. The third-order valence-electron chi connectivity index (χ3n) is 4.01. The normalized spacial score (nSPS) is 13.4. The average molecular weight is 395 g/mol. The molecule has 0 aliphatic carbocycles. The molecule has 1 amide bonds. The third kappa shape index (κ3) is 4.66. The summed E-state index contributed by atoms with van der Waals surface area (Å²) in [5.41, 5.74) is 2.15. The van der Waals surface area contributed by atoms with Gasteiger partial charge in [0.25, 0.3) is 0 Å². The van der Waals surface area contributed by atoms with E-state index in [1.54, 1.807) is 14.2 Å². The van der Waals surface area contributed by atoms with Crippen LogP contribution in [-0.2, 0) is 16.0 Å². The second-order valence-corrected chi connectivity index (χ2v) is 7.92. The second-order valence-electron chi connectivity index (χ2n) is 5.72. The SMILES string of the molecule is COCCNc1nnc(SCC(=O)N2CCCc3cc(OC)ccc32)s1. The maximum absolute atomic E-state index is 12.7. The molecule has 0 fully saturated rings. The number of thioether (sulfide) groups is 1. The van der Waals surface area contributed by atoms with Gasteiger partial charge in [0, 0.05) is 25.9 Å². The molecule has 1 aromatic carbocycles. The summed E-state index contributed by atoms with van der Waals surface area (Å²) >= 11 is 2.87. The Morgan fingerprint density at radius 1 is 1.38 bits per heavy atom. The highest BCUT2D eigenvalue weighted by atomic mass is 32.2. The molecule has 7 nitrogen and oxygen atoms in total. The van der Waals surface area contributed by atoms with E-state index in [1.807, 2.05) is 23.1 Å². The number of rotatable bonds is 8. The van der Waals surface area contributed by atoms with Crippen molar-refractivity contribution in [3.63, 3.8) is 0 Å². The Morgan fingerprint density at radius 3 is 3.08 bits per heavy atom. The van der Waals surface area contributed by atoms with Crippen LogP contribution in [-0.4, -0.2) is 55.8 Å². The number of aromatic nitrogens is 2. The van der Waals surface area contributed by atoms with Gasteiger partial charge < -0.3 is 19.7 Å². The summed E-state index contributed by atoms with van der Waals surface area (Å²) in [4.78, 5) is 14.6. The van der Waals surface area contributed by atoms with Crippen LogP contribution in [0.25, 0.3) is 0 Å². The summed E-state index contributed by atoms with van der Waals surface area (Å²) in [5.74, 6) is 1.26. The lowest BCUT2D eigenvalue weighted by Crippen LogP contribution is -2.36. The lowest BCUT2D eigenvalue weighted by molar-refractivity contribution is -0.116. The highest BCUT2D eigenvalue weighted by molar-refractivity contribution is 8.01. The maximum Gasteiger partial charge on any atom is 0.237 e. The van der Waals surface area contributed by atoms with Crippen molar-refractivity contribution in [2.45, 2.75) is 17.2 Å². The van der Waals surface area contributed by atoms with Crippen molar-refractivity contribution < 1.29 is 14.3 Å². The Labute approximate surface area is 161 Å². The van der Waals surface area contributed by atoms with Gasteiger partial charge in [-0.05, 0) is 36.6 Å². The van der Waals surface area contributed by atoms with Gasteiger partial charge in [-0.15, -0.1) is 10.2 Å². The number of amides is 1. The molecular weight excluding hydrogens is 372 g/mol. The molecule has 0 saturated heterocycles. The number of carbonyl (C=O) groups is 1. The predicted molar refractivity (Wildman–Crippen MR) is 105 cm³/mol. The molecule has 9 heteroatoms. The quantitative estimate of drug-likeness (QED) is 0.545. The lowest BCUT2D eigenvalue weighted by atomic mass is 10.0. The van der Waals surface area contributed by atoms with Gasteiger partial charge in [-0.1, -0.05) is 23.1 Å². The number of benzene rings is 1. The molecular formula is C17H22N4O3S2. The topological polar surface area (TPSA) is 76.6 Å². The van der Waals surface area contributed by atoms with Gasteiger partial charge >= 0.3 is 0 Å². The molecule has 26 heavy (non-hydrogen) atoms. The van der Waals surface area contributed by atoms with Crippen molar-refractivity contribution in [1.29, 1.82) is 0 Å². The number of methoxy groups -OCH3 is 2. The van der Waals surface area contributed by atoms with Crippen molar-refractivity contribution in [3.05, 3.63) is 23.8 Å². The molecule has 140 valence electrons. The van der Waals surface area contributed by atoms with E-state index in [1.165, 1.54) is 23.1 Å². The number of fused-ring (bicyclic) bond motifs is 1. The molecule has 3 rings (SSSR count). The van der Waals surface area contributed by atoms with Crippen molar-refractivity contribution in [2.24, 2.45) is 0 Å². The van der Waals surface area contributed by atoms with Gasteiger partial charge in [0.15, 0.2) is 4.34 Å². The Hall–Kier alpha value is -1.84. The number of nitrogens with one attached hydrogen (secondary N) is 1. The lowest BCUT2D eigenvalue weighted by Gasteiger charge is -2.29. The van der Waals surface area contributed by atoms with Gasteiger partial charge in [0.2, 0.25) is 11.0 Å². The highest BCUT2D eigenvalue weighted by Gasteiger charge is 2.23. The fourth-order valence-electron chi connectivity index (χ4n) is 2.76. The van der Waals surface area contributed by atoms with Crippen LogP contribution in [0.1, 0.15) is 12.0 Å². The smallest absolute Gasteiger partial charge is 0.237 e. The minimum Gasteiger partial charge on any atom is -0.497 e. The Bertz CT molecular complexity index is 753. The molecule has 0 saturated carbocycles. The zero-order valence-corrected chi connectivity index (χ0v) is 16.5. The summed E-state index contributed by atoms with van der Waals surface area (Å²) in [7, 11) is 3.31. The van der Waals surface area contributed by atoms with Crippen LogP contribution >= 0.6 is 23.1 Å². The number of carbonyl (C=O) groups excluding carboxylic acids is 1. The first-order valence-corrected chi connectivity index (χ1v) is 10.2. The summed E-state index contributed by atoms with van der Waals surface area (Å²) < 4.78 is 11.1. The molecule has 0 spiro atoms. The zero-order chi connectivity index (χ0) is 18.4. The van der Waals surface area contributed by atoms with Crippen LogP contribution in [0.15, 0.2) is 22.5 Å². The fraction of sp³-hybridized carbons (Fsp3) is 0.471. The minimum absolute atomic E-state index is 0.0882. The Morgan fingerprint density at radius 2 is 2.27 bits per heavy atom. The molecule has 0 radical (unpaired) electrons. The van der Waals surface area contributed by atoms with Crippen molar-refractivity contribution in [2.75, 3.05) is 49.9 Å². The van der Waals surface area contributed by atoms with Gasteiger partial charge in [-0.2, -0.15) is 0 Å². The first kappa shape index (κ1) is 18.9. The summed E-state index contributed by atoms with van der Waals surface area (Å²) in [6.45, 7) is 2.04. The van der Waals surface area contributed by atoms with Crippen LogP contribution in [0.5, 0.6) is 5.75 Å². The van der Waals surface area contributed by atoms with Crippen LogP contribution in [0.2, 0.25) is 0 Å². The summed E-state index contributed by atoms with van der Waals surface area (Å²) in [6, 6.07) is 5.89. The van der Waals surface area contributed by atoms with E-state index < -0.39 is 0 Å². The van der Waals surface area contributed by atoms with Crippen LogP contribution in [0, 0.1) is 0 Å². The summed E-state index contributed by atoms with van der Waals surface area (Å²) in [6.07, 6.45) is 1.93. The van der Waals surface area contributed by atoms with Crippen molar-refractivity contribution in [3.8, 4) is 5.75 Å². The fourth-order valence-corrected chi connectivity index (χ4v) is 4.41. The largest absolute Gasteiger partial charge is 0.497 e. The monoisotopic (exact) mass is 394 g/mol. The molecule has 1 N–H and O–H groups in total. The first-order valence-electron chi connectivity index (χ1n) is 8.37.